The van der Waals surface area contributed by atoms with E-state index in [0.717, 1.165) is 18.0 Å². The van der Waals surface area contributed by atoms with E-state index in [-0.39, 0.29) is 12.2 Å². The zero-order valence-electron chi connectivity index (χ0n) is 10.3. The standard InChI is InChI=1S/C11H21FN4O/c1-4-5-14-7-10(3)15-16(8-9(2)13)11(17)6-12/h14-15H,2-8,13H2,1H3. The minimum atomic E-state index is -1.09. The average molecular weight is 244 g/mol. The molecule has 1 amide bonds. The predicted octanol–water partition coefficient (Wildman–Crippen LogP) is 0.275. The lowest BCUT2D eigenvalue weighted by atomic mass is 10.4. The van der Waals surface area contributed by atoms with E-state index >= 15 is 0 Å². The molecule has 0 rings (SSSR count). The van der Waals surface area contributed by atoms with E-state index in [1.165, 1.54) is 0 Å². The van der Waals surface area contributed by atoms with Crippen LogP contribution in [0.3, 0.4) is 0 Å². The van der Waals surface area contributed by atoms with Gasteiger partial charge in [0.05, 0.1) is 6.54 Å². The number of carbonyl (C=O) groups is 1. The third-order valence-electron chi connectivity index (χ3n) is 1.83. The first-order valence-electron chi connectivity index (χ1n) is 5.46. The molecular weight excluding hydrogens is 223 g/mol. The number of alkyl halides is 1. The molecule has 5 nitrogen and oxygen atoms in total. The predicted molar refractivity (Wildman–Crippen MR) is 66.5 cm³/mol. The summed E-state index contributed by atoms with van der Waals surface area (Å²) in [4.78, 5) is 11.2. The van der Waals surface area contributed by atoms with Gasteiger partial charge in [0.15, 0.2) is 6.67 Å². The monoisotopic (exact) mass is 244 g/mol. The third-order valence-corrected chi connectivity index (χ3v) is 1.83. The molecule has 0 fully saturated rings. The molecule has 0 aliphatic rings. The van der Waals surface area contributed by atoms with Crippen molar-refractivity contribution in [3.63, 3.8) is 0 Å². The van der Waals surface area contributed by atoms with E-state index in [0.29, 0.717) is 12.2 Å². The van der Waals surface area contributed by atoms with E-state index in [9.17, 15) is 9.18 Å². The van der Waals surface area contributed by atoms with E-state index in [2.05, 4.69) is 23.9 Å². The maximum atomic E-state index is 12.3. The van der Waals surface area contributed by atoms with Crippen molar-refractivity contribution in [2.45, 2.75) is 13.3 Å². The normalized spacial score (nSPS) is 9.76. The molecule has 0 radical (unpaired) electrons. The molecular formula is C11H21FN4O. The summed E-state index contributed by atoms with van der Waals surface area (Å²) in [5.74, 6) is -0.701. The van der Waals surface area contributed by atoms with Crippen LogP contribution in [0.15, 0.2) is 24.6 Å². The second-order valence-corrected chi connectivity index (χ2v) is 3.66. The van der Waals surface area contributed by atoms with Crippen LogP contribution in [0.5, 0.6) is 0 Å². The topological polar surface area (TPSA) is 70.4 Å². The summed E-state index contributed by atoms with van der Waals surface area (Å²) in [5, 5.41) is 4.17. The Bertz CT molecular complexity index is 281. The molecule has 0 aromatic rings. The summed E-state index contributed by atoms with van der Waals surface area (Å²) >= 11 is 0. The van der Waals surface area contributed by atoms with Crippen LogP contribution in [-0.2, 0) is 4.79 Å². The van der Waals surface area contributed by atoms with Gasteiger partial charge in [-0.15, -0.1) is 0 Å². The molecule has 0 spiro atoms. The van der Waals surface area contributed by atoms with Crippen molar-refractivity contribution in [1.29, 1.82) is 0 Å². The fourth-order valence-electron chi connectivity index (χ4n) is 1.11. The van der Waals surface area contributed by atoms with E-state index in [1.54, 1.807) is 0 Å². The highest BCUT2D eigenvalue weighted by Gasteiger charge is 2.13. The lowest BCUT2D eigenvalue weighted by Crippen LogP contribution is -2.46. The molecule has 6 heteroatoms. The van der Waals surface area contributed by atoms with Crippen molar-refractivity contribution >= 4 is 5.91 Å². The Morgan fingerprint density at radius 2 is 2.12 bits per heavy atom. The highest BCUT2D eigenvalue weighted by Crippen LogP contribution is 1.94. The molecule has 0 saturated heterocycles. The van der Waals surface area contributed by atoms with Crippen molar-refractivity contribution in [2.24, 2.45) is 5.73 Å². The van der Waals surface area contributed by atoms with Gasteiger partial charge in [-0.3, -0.25) is 10.2 Å². The average Bonchev–Trinajstić information content (AvgIpc) is 2.27. The minimum Gasteiger partial charge on any atom is -0.401 e. The summed E-state index contributed by atoms with van der Waals surface area (Å²) < 4.78 is 12.3. The van der Waals surface area contributed by atoms with Gasteiger partial charge in [0.1, 0.15) is 0 Å². The van der Waals surface area contributed by atoms with Gasteiger partial charge in [-0.1, -0.05) is 20.1 Å². The molecule has 0 heterocycles. The number of nitrogens with two attached hydrogens (primary N) is 1. The van der Waals surface area contributed by atoms with Crippen molar-refractivity contribution in [2.75, 3.05) is 26.3 Å². The number of halogens is 1. The molecule has 0 atom stereocenters. The highest BCUT2D eigenvalue weighted by molar-refractivity contribution is 5.77. The van der Waals surface area contributed by atoms with Crippen LogP contribution in [0.25, 0.3) is 0 Å². The van der Waals surface area contributed by atoms with Crippen molar-refractivity contribution in [3.8, 4) is 0 Å². The molecule has 98 valence electrons. The Kier molecular flexibility index (Phi) is 7.79. The Balaban J connectivity index is 4.18. The first-order valence-corrected chi connectivity index (χ1v) is 5.46. The van der Waals surface area contributed by atoms with Gasteiger partial charge in [-0.2, -0.15) is 0 Å². The second kappa shape index (κ2) is 8.58. The Labute approximate surface area is 102 Å². The number of nitrogens with one attached hydrogen (secondary N) is 2. The van der Waals surface area contributed by atoms with Crippen LogP contribution in [0.1, 0.15) is 13.3 Å². The number of rotatable bonds is 9. The molecule has 17 heavy (non-hydrogen) atoms. The summed E-state index contributed by atoms with van der Waals surface area (Å²) in [6.07, 6.45) is 1.00. The maximum absolute atomic E-state index is 12.3. The Hall–Kier alpha value is -1.56. The number of amides is 1. The van der Waals surface area contributed by atoms with E-state index < -0.39 is 12.6 Å². The van der Waals surface area contributed by atoms with E-state index in [1.807, 2.05) is 6.92 Å². The number of carbonyl (C=O) groups excluding carboxylic acids is 1. The van der Waals surface area contributed by atoms with Crippen LogP contribution in [0, 0.1) is 0 Å². The highest BCUT2D eigenvalue weighted by atomic mass is 19.1. The summed E-state index contributed by atoms with van der Waals surface area (Å²) in [7, 11) is 0. The van der Waals surface area contributed by atoms with E-state index in [4.69, 9.17) is 5.73 Å². The fourth-order valence-corrected chi connectivity index (χ4v) is 1.11. The summed E-state index contributed by atoms with van der Waals surface area (Å²) in [5.41, 5.74) is 8.93. The SMILES string of the molecule is C=C(N)CN(NC(=C)CNCCC)C(=O)CF. The zero-order chi connectivity index (χ0) is 13.3. The molecule has 0 unspecified atom stereocenters. The number of hydrogen-bond acceptors (Lipinski definition) is 4. The van der Waals surface area contributed by atoms with Crippen LogP contribution in [0.4, 0.5) is 4.39 Å². The van der Waals surface area contributed by atoms with Gasteiger partial charge in [-0.05, 0) is 13.0 Å². The minimum absolute atomic E-state index is 0.0511. The van der Waals surface area contributed by atoms with Gasteiger partial charge in [0, 0.05) is 17.9 Å². The summed E-state index contributed by atoms with van der Waals surface area (Å²) in [6.45, 7) is 9.56. The number of hydrazine groups is 1. The van der Waals surface area contributed by atoms with Crippen molar-refractivity contribution < 1.29 is 9.18 Å². The van der Waals surface area contributed by atoms with Gasteiger partial charge in [0.25, 0.3) is 5.91 Å². The largest absolute Gasteiger partial charge is 0.401 e. The number of hydrogen-bond donors (Lipinski definition) is 3. The van der Waals surface area contributed by atoms with Crippen LogP contribution < -0.4 is 16.5 Å². The number of nitrogens with zero attached hydrogens (tertiary/aromatic N) is 1. The van der Waals surface area contributed by atoms with Crippen LogP contribution in [0.2, 0.25) is 0 Å². The van der Waals surface area contributed by atoms with Gasteiger partial charge < -0.3 is 11.1 Å². The Morgan fingerprint density at radius 1 is 1.47 bits per heavy atom. The smallest absolute Gasteiger partial charge is 0.272 e. The molecule has 4 N–H and O–H groups in total. The van der Waals surface area contributed by atoms with Crippen LogP contribution >= 0.6 is 0 Å². The quantitative estimate of drug-likeness (QED) is 0.402. The molecule has 0 aliphatic heterocycles. The van der Waals surface area contributed by atoms with Crippen LogP contribution in [-0.4, -0.2) is 37.2 Å². The molecule has 0 aromatic heterocycles. The molecule has 0 aromatic carbocycles. The second-order valence-electron chi connectivity index (χ2n) is 3.66. The zero-order valence-corrected chi connectivity index (χ0v) is 10.3. The Morgan fingerprint density at radius 3 is 2.59 bits per heavy atom. The van der Waals surface area contributed by atoms with Gasteiger partial charge in [-0.25, -0.2) is 9.40 Å². The fraction of sp³-hybridized carbons (Fsp3) is 0.545. The molecule has 0 aliphatic carbocycles. The molecule has 0 bridgehead atoms. The van der Waals surface area contributed by atoms with Crippen molar-refractivity contribution in [1.82, 2.24) is 15.8 Å². The summed E-state index contributed by atoms with van der Waals surface area (Å²) in [6, 6.07) is 0. The maximum Gasteiger partial charge on any atom is 0.272 e. The molecule has 0 saturated carbocycles. The van der Waals surface area contributed by atoms with Gasteiger partial charge >= 0.3 is 0 Å². The lowest BCUT2D eigenvalue weighted by Gasteiger charge is -2.24. The third kappa shape index (κ3) is 7.35. The lowest BCUT2D eigenvalue weighted by molar-refractivity contribution is -0.134. The van der Waals surface area contributed by atoms with Gasteiger partial charge in [0.2, 0.25) is 0 Å². The first kappa shape index (κ1) is 15.4. The first-order chi connectivity index (χ1) is 8.01. The van der Waals surface area contributed by atoms with Crippen molar-refractivity contribution in [3.05, 3.63) is 24.6 Å².